The Labute approximate surface area is 198 Å². The summed E-state index contributed by atoms with van der Waals surface area (Å²) in [4.78, 5) is 44.7. The van der Waals surface area contributed by atoms with Crippen LogP contribution in [0.3, 0.4) is 0 Å². The maximum absolute atomic E-state index is 15.3. The number of nitrogens with two attached hydrogens (primary N) is 1. The number of fused-ring (bicyclic) bond motifs is 1. The number of nitrogen functional groups attached to an aromatic ring is 1. The number of ether oxygens (including phenoxy) is 4. The lowest BCUT2D eigenvalue weighted by Gasteiger charge is -2.19. The molecular weight excluding hydrogens is 465 g/mol. The number of hydrogen-bond donors (Lipinski definition) is 1. The SMILES string of the molecule is COc1cccc(Cn2c(=O)n([C@@H]3O[C@H](COC(C)=O)[C@@H](F)[C@H]3OC(C)=O)c3nc(N)ncc32)c1. The molecular formula is C22H24FN5O7. The Hall–Kier alpha value is -4.00. The maximum Gasteiger partial charge on any atom is 0.332 e. The summed E-state index contributed by atoms with van der Waals surface area (Å²) in [7, 11) is 1.53. The van der Waals surface area contributed by atoms with Crippen LogP contribution in [0.15, 0.2) is 35.3 Å². The number of alkyl halides is 1. The highest BCUT2D eigenvalue weighted by Gasteiger charge is 2.50. The van der Waals surface area contributed by atoms with E-state index >= 15 is 4.39 Å². The van der Waals surface area contributed by atoms with E-state index in [9.17, 15) is 14.4 Å². The summed E-state index contributed by atoms with van der Waals surface area (Å²) >= 11 is 0. The summed E-state index contributed by atoms with van der Waals surface area (Å²) < 4.78 is 38.8. The summed E-state index contributed by atoms with van der Waals surface area (Å²) in [6.45, 7) is 1.95. The Morgan fingerprint density at radius 1 is 1.26 bits per heavy atom. The molecule has 186 valence electrons. The highest BCUT2D eigenvalue weighted by atomic mass is 19.1. The molecule has 4 atom stereocenters. The smallest absolute Gasteiger partial charge is 0.332 e. The molecule has 1 aliphatic rings. The van der Waals surface area contributed by atoms with Gasteiger partial charge in [-0.25, -0.2) is 18.7 Å². The lowest BCUT2D eigenvalue weighted by atomic mass is 10.1. The average Bonchev–Trinajstić information content (AvgIpc) is 3.25. The fourth-order valence-electron chi connectivity index (χ4n) is 3.96. The standard InChI is InChI=1S/C22H24FN5O7/c1-11(29)33-10-16-17(23)18(34-12(2)30)20(35-16)28-19-15(8-25-21(24)26-19)27(22(28)31)9-13-5-4-6-14(7-13)32-3/h4-8,16-18,20H,9-10H2,1-3H3,(H2,24,25,26)/t16-,17-,18-,20-/m1/s1. The molecule has 1 fully saturated rings. The highest BCUT2D eigenvalue weighted by Crippen LogP contribution is 2.35. The van der Waals surface area contributed by atoms with Gasteiger partial charge in [-0.3, -0.25) is 14.2 Å². The third kappa shape index (κ3) is 4.80. The molecule has 4 rings (SSSR count). The van der Waals surface area contributed by atoms with Crippen molar-refractivity contribution in [1.29, 1.82) is 0 Å². The number of nitrogens with zero attached hydrogens (tertiary/aromatic N) is 4. The zero-order chi connectivity index (χ0) is 25.3. The molecule has 13 heteroatoms. The first-order valence-electron chi connectivity index (χ1n) is 10.7. The van der Waals surface area contributed by atoms with Crippen molar-refractivity contribution in [1.82, 2.24) is 19.1 Å². The molecule has 12 nitrogen and oxygen atoms in total. The molecule has 0 aliphatic carbocycles. The zero-order valence-electron chi connectivity index (χ0n) is 19.2. The molecule has 35 heavy (non-hydrogen) atoms. The van der Waals surface area contributed by atoms with Gasteiger partial charge in [-0.15, -0.1) is 0 Å². The molecule has 2 N–H and O–H groups in total. The largest absolute Gasteiger partial charge is 0.497 e. The van der Waals surface area contributed by atoms with Gasteiger partial charge in [0.15, 0.2) is 24.2 Å². The Morgan fingerprint density at radius 2 is 2.03 bits per heavy atom. The van der Waals surface area contributed by atoms with Gasteiger partial charge in [-0.1, -0.05) is 12.1 Å². The topological polar surface area (TPSA) is 150 Å². The first-order chi connectivity index (χ1) is 16.7. The van der Waals surface area contributed by atoms with Crippen LogP contribution in [-0.4, -0.2) is 63.1 Å². The van der Waals surface area contributed by atoms with Gasteiger partial charge in [0.2, 0.25) is 5.95 Å². The monoisotopic (exact) mass is 489 g/mol. The highest BCUT2D eigenvalue weighted by molar-refractivity contribution is 5.72. The molecule has 1 aliphatic heterocycles. The van der Waals surface area contributed by atoms with Crippen molar-refractivity contribution >= 4 is 29.1 Å². The van der Waals surface area contributed by atoms with Crippen LogP contribution in [0, 0.1) is 0 Å². The van der Waals surface area contributed by atoms with Crippen LogP contribution < -0.4 is 16.2 Å². The second kappa shape index (κ2) is 9.70. The maximum atomic E-state index is 15.3. The van der Waals surface area contributed by atoms with Gasteiger partial charge in [0.25, 0.3) is 0 Å². The van der Waals surface area contributed by atoms with Crippen molar-refractivity contribution in [3.63, 3.8) is 0 Å². The number of halogens is 1. The number of carbonyl (C=O) groups excluding carboxylic acids is 2. The van der Waals surface area contributed by atoms with Crippen molar-refractivity contribution in [2.24, 2.45) is 0 Å². The number of aromatic nitrogens is 4. The van der Waals surface area contributed by atoms with Gasteiger partial charge in [-0.2, -0.15) is 4.98 Å². The quantitative estimate of drug-likeness (QED) is 0.476. The second-order valence-electron chi connectivity index (χ2n) is 7.91. The molecule has 1 saturated heterocycles. The minimum absolute atomic E-state index is 0.0629. The first-order valence-corrected chi connectivity index (χ1v) is 10.7. The molecule has 0 bridgehead atoms. The van der Waals surface area contributed by atoms with Crippen LogP contribution in [0.5, 0.6) is 5.75 Å². The van der Waals surface area contributed by atoms with E-state index in [0.29, 0.717) is 11.3 Å². The summed E-state index contributed by atoms with van der Waals surface area (Å²) in [6.07, 6.45) is -4.69. The van der Waals surface area contributed by atoms with Gasteiger partial charge in [0, 0.05) is 13.8 Å². The van der Waals surface area contributed by atoms with E-state index in [4.69, 9.17) is 24.7 Å². The Bertz CT molecular complexity index is 1320. The van der Waals surface area contributed by atoms with Crippen molar-refractivity contribution < 1.29 is 32.9 Å². The predicted octanol–water partition coefficient (Wildman–Crippen LogP) is 0.962. The van der Waals surface area contributed by atoms with Crippen LogP contribution in [0.4, 0.5) is 10.3 Å². The van der Waals surface area contributed by atoms with Crippen LogP contribution in [-0.2, 0) is 30.3 Å². The second-order valence-corrected chi connectivity index (χ2v) is 7.91. The van der Waals surface area contributed by atoms with Crippen LogP contribution >= 0.6 is 0 Å². The molecule has 0 unspecified atom stereocenters. The molecule has 1 aromatic carbocycles. The lowest BCUT2D eigenvalue weighted by molar-refractivity contribution is -0.154. The fraction of sp³-hybridized carbons (Fsp3) is 0.409. The summed E-state index contributed by atoms with van der Waals surface area (Å²) in [5.74, 6) is -0.940. The predicted molar refractivity (Wildman–Crippen MR) is 119 cm³/mol. The van der Waals surface area contributed by atoms with E-state index in [1.807, 2.05) is 0 Å². The Balaban J connectivity index is 1.81. The number of carbonyl (C=O) groups is 2. The number of rotatable bonds is 7. The Kier molecular flexibility index (Phi) is 6.69. The third-order valence-corrected chi connectivity index (χ3v) is 5.47. The molecule has 0 amide bonds. The number of esters is 2. The summed E-state index contributed by atoms with van der Waals surface area (Å²) in [6, 6.07) is 7.10. The van der Waals surface area contributed by atoms with Crippen LogP contribution in [0.25, 0.3) is 11.2 Å². The van der Waals surface area contributed by atoms with Crippen LogP contribution in [0.2, 0.25) is 0 Å². The minimum Gasteiger partial charge on any atom is -0.497 e. The van der Waals surface area contributed by atoms with E-state index < -0.39 is 48.8 Å². The van der Waals surface area contributed by atoms with Crippen molar-refractivity contribution in [3.8, 4) is 5.75 Å². The third-order valence-electron chi connectivity index (χ3n) is 5.47. The summed E-state index contributed by atoms with van der Waals surface area (Å²) in [5.41, 5.74) is 6.25. The van der Waals surface area contributed by atoms with Crippen molar-refractivity contribution in [3.05, 3.63) is 46.5 Å². The van der Waals surface area contributed by atoms with Gasteiger partial charge in [0.1, 0.15) is 24.0 Å². The molecule has 0 radical (unpaired) electrons. The normalized spacial score (nSPS) is 21.7. The average molecular weight is 489 g/mol. The van der Waals surface area contributed by atoms with E-state index in [1.165, 1.54) is 24.8 Å². The number of anilines is 1. The summed E-state index contributed by atoms with van der Waals surface area (Å²) in [5, 5.41) is 0. The number of hydrogen-bond acceptors (Lipinski definition) is 10. The number of imidazole rings is 1. The lowest BCUT2D eigenvalue weighted by Crippen LogP contribution is -2.37. The van der Waals surface area contributed by atoms with Crippen molar-refractivity contribution in [2.45, 2.75) is 45.0 Å². The zero-order valence-corrected chi connectivity index (χ0v) is 19.2. The van der Waals surface area contributed by atoms with E-state index in [0.717, 1.165) is 17.1 Å². The molecule has 2 aromatic heterocycles. The Morgan fingerprint density at radius 3 is 2.71 bits per heavy atom. The van der Waals surface area contributed by atoms with Gasteiger partial charge in [-0.05, 0) is 17.7 Å². The molecule has 0 spiro atoms. The van der Waals surface area contributed by atoms with E-state index in [2.05, 4.69) is 9.97 Å². The van der Waals surface area contributed by atoms with Gasteiger partial charge < -0.3 is 24.7 Å². The van der Waals surface area contributed by atoms with E-state index in [-0.39, 0.29) is 18.1 Å². The van der Waals surface area contributed by atoms with Gasteiger partial charge in [0.05, 0.1) is 19.9 Å². The van der Waals surface area contributed by atoms with E-state index in [1.54, 1.807) is 24.3 Å². The minimum atomic E-state index is -1.88. The fourth-order valence-corrected chi connectivity index (χ4v) is 3.96. The first kappa shape index (κ1) is 24.1. The molecule has 3 heterocycles. The number of methoxy groups -OCH3 is 1. The van der Waals surface area contributed by atoms with Gasteiger partial charge >= 0.3 is 17.6 Å². The number of benzene rings is 1. The van der Waals surface area contributed by atoms with Crippen molar-refractivity contribution in [2.75, 3.05) is 19.5 Å². The van der Waals surface area contributed by atoms with Crippen LogP contribution in [0.1, 0.15) is 25.6 Å². The molecule has 3 aromatic rings. The molecule has 0 saturated carbocycles.